The van der Waals surface area contributed by atoms with E-state index in [0.29, 0.717) is 6.54 Å². The predicted octanol–water partition coefficient (Wildman–Crippen LogP) is 4.40. The summed E-state index contributed by atoms with van der Waals surface area (Å²) in [5.74, 6) is 0.864. The third kappa shape index (κ3) is 3.92. The monoisotopic (exact) mass is 392 g/mol. The number of carbonyl (C=O) groups is 1. The highest BCUT2D eigenvalue weighted by atomic mass is 16.5. The molecule has 0 saturated carbocycles. The summed E-state index contributed by atoms with van der Waals surface area (Å²) >= 11 is 0. The van der Waals surface area contributed by atoms with E-state index in [9.17, 15) is 4.79 Å². The first-order valence-electron chi connectivity index (χ1n) is 10.3. The molecule has 29 heavy (non-hydrogen) atoms. The van der Waals surface area contributed by atoms with Crippen molar-refractivity contribution in [3.05, 3.63) is 54.5 Å². The van der Waals surface area contributed by atoms with Crippen LogP contribution in [0.15, 0.2) is 48.8 Å². The summed E-state index contributed by atoms with van der Waals surface area (Å²) in [4.78, 5) is 17.8. The molecule has 0 aliphatic carbocycles. The number of ether oxygens (including phenoxy) is 1. The van der Waals surface area contributed by atoms with Crippen molar-refractivity contribution in [3.8, 4) is 16.9 Å². The second-order valence-corrected chi connectivity index (χ2v) is 7.75. The minimum atomic E-state index is -0.323. The molecule has 2 amide bonds. The Morgan fingerprint density at radius 1 is 1.24 bits per heavy atom. The maximum absolute atomic E-state index is 11.7. The van der Waals surface area contributed by atoms with Crippen LogP contribution in [0.5, 0.6) is 5.75 Å². The maximum atomic E-state index is 11.7. The first kappa shape index (κ1) is 19.3. The van der Waals surface area contributed by atoms with Crippen LogP contribution in [0.3, 0.4) is 0 Å². The number of primary amides is 1. The van der Waals surface area contributed by atoms with Crippen LogP contribution in [0.2, 0.25) is 0 Å². The molecule has 0 radical (unpaired) electrons. The van der Waals surface area contributed by atoms with Crippen LogP contribution < -0.4 is 10.5 Å². The molecule has 152 valence electrons. The molecular weight excluding hydrogens is 364 g/mol. The van der Waals surface area contributed by atoms with Gasteiger partial charge in [0.05, 0.1) is 0 Å². The van der Waals surface area contributed by atoms with Crippen LogP contribution in [0.1, 0.15) is 38.3 Å². The summed E-state index contributed by atoms with van der Waals surface area (Å²) in [6, 6.07) is 12.3. The lowest BCUT2D eigenvalue weighted by Crippen LogP contribution is -2.50. The third-order valence-corrected chi connectivity index (χ3v) is 5.86. The molecule has 1 aliphatic rings. The van der Waals surface area contributed by atoms with Crippen molar-refractivity contribution in [3.63, 3.8) is 0 Å². The number of piperidine rings is 1. The van der Waals surface area contributed by atoms with Gasteiger partial charge in [0.1, 0.15) is 17.5 Å². The van der Waals surface area contributed by atoms with Gasteiger partial charge in [0, 0.05) is 49.1 Å². The largest absolute Gasteiger partial charge is 0.490 e. The number of hydrogen-bond donors (Lipinski definition) is 1. The van der Waals surface area contributed by atoms with Gasteiger partial charge in [-0.15, -0.1) is 0 Å². The zero-order chi connectivity index (χ0) is 20.4. The Hall–Kier alpha value is -3.02. The van der Waals surface area contributed by atoms with E-state index in [1.807, 2.05) is 30.6 Å². The predicted molar refractivity (Wildman–Crippen MR) is 114 cm³/mol. The van der Waals surface area contributed by atoms with Gasteiger partial charge in [0.2, 0.25) is 0 Å². The molecule has 1 aliphatic heterocycles. The van der Waals surface area contributed by atoms with Gasteiger partial charge in [-0.1, -0.05) is 25.5 Å². The number of urea groups is 1. The fourth-order valence-corrected chi connectivity index (χ4v) is 4.36. The van der Waals surface area contributed by atoms with Gasteiger partial charge >= 0.3 is 6.03 Å². The number of pyridine rings is 1. The molecule has 4 rings (SSSR count). The van der Waals surface area contributed by atoms with E-state index in [1.54, 1.807) is 4.90 Å². The number of fused-ring (bicyclic) bond motifs is 1. The highest BCUT2D eigenvalue weighted by molar-refractivity contribution is 5.72. The summed E-state index contributed by atoms with van der Waals surface area (Å²) in [7, 11) is 0. The Balaban J connectivity index is 1.47. The van der Waals surface area contributed by atoms with Gasteiger partial charge in [-0.25, -0.2) is 9.78 Å². The summed E-state index contributed by atoms with van der Waals surface area (Å²) in [6.45, 7) is 4.90. The summed E-state index contributed by atoms with van der Waals surface area (Å²) in [6.07, 6.45) is 7.52. The smallest absolute Gasteiger partial charge is 0.315 e. The van der Waals surface area contributed by atoms with Gasteiger partial charge in [-0.2, -0.15) is 0 Å². The lowest BCUT2D eigenvalue weighted by molar-refractivity contribution is 0.0730. The average Bonchev–Trinajstić information content (AvgIpc) is 3.19. The van der Waals surface area contributed by atoms with E-state index in [4.69, 9.17) is 10.5 Å². The van der Waals surface area contributed by atoms with E-state index in [1.165, 1.54) is 5.56 Å². The molecule has 1 saturated heterocycles. The first-order chi connectivity index (χ1) is 14.1. The molecule has 2 aromatic heterocycles. The van der Waals surface area contributed by atoms with Crippen molar-refractivity contribution in [2.75, 3.05) is 6.54 Å². The van der Waals surface area contributed by atoms with Crippen LogP contribution in [0, 0.1) is 6.92 Å². The van der Waals surface area contributed by atoms with Gasteiger partial charge in [0.25, 0.3) is 0 Å². The maximum Gasteiger partial charge on any atom is 0.315 e. The van der Waals surface area contributed by atoms with Crippen molar-refractivity contribution in [2.45, 2.75) is 51.7 Å². The number of benzene rings is 1. The summed E-state index contributed by atoms with van der Waals surface area (Å²) in [5, 5.41) is 0. The first-order valence-corrected chi connectivity index (χ1v) is 10.3. The molecule has 3 aromatic rings. The van der Waals surface area contributed by atoms with Crippen molar-refractivity contribution in [1.82, 2.24) is 14.3 Å². The standard InChI is InChI=1S/C23H28N4O2/c1-3-4-18-15-20(11-13-27(18)23(24)28)29-19-7-5-17(6-8-19)21-9-10-22-25-12-14-26(22)16(21)2/h5-10,12,14,18,20H,3-4,11,13,15H2,1-2H3,(H2,24,28). The molecule has 2 unspecified atom stereocenters. The van der Waals surface area contributed by atoms with Crippen LogP contribution in [-0.4, -0.2) is 39.0 Å². The number of likely N-dealkylation sites (tertiary alicyclic amines) is 1. The second kappa shape index (κ2) is 8.15. The van der Waals surface area contributed by atoms with Crippen LogP contribution in [0.4, 0.5) is 4.79 Å². The number of carbonyl (C=O) groups excluding carboxylic acids is 1. The molecule has 1 aromatic carbocycles. The average molecular weight is 393 g/mol. The minimum Gasteiger partial charge on any atom is -0.490 e. The molecule has 0 spiro atoms. The number of nitrogens with two attached hydrogens (primary N) is 1. The highest BCUT2D eigenvalue weighted by Gasteiger charge is 2.31. The Bertz CT molecular complexity index is 996. The Morgan fingerprint density at radius 2 is 2.03 bits per heavy atom. The van der Waals surface area contributed by atoms with Crippen molar-refractivity contribution in [1.29, 1.82) is 0 Å². The molecular formula is C23H28N4O2. The number of rotatable bonds is 5. The van der Waals surface area contributed by atoms with Gasteiger partial charge in [0.15, 0.2) is 0 Å². The normalized spacial score (nSPS) is 19.4. The molecule has 1 fully saturated rings. The van der Waals surface area contributed by atoms with Crippen molar-refractivity contribution >= 4 is 11.7 Å². The zero-order valence-electron chi connectivity index (χ0n) is 17.0. The molecule has 2 N–H and O–H groups in total. The van der Waals surface area contributed by atoms with Crippen molar-refractivity contribution < 1.29 is 9.53 Å². The van der Waals surface area contributed by atoms with Crippen LogP contribution in [0.25, 0.3) is 16.8 Å². The molecule has 0 bridgehead atoms. The van der Waals surface area contributed by atoms with E-state index in [-0.39, 0.29) is 18.2 Å². The number of hydrogen-bond acceptors (Lipinski definition) is 3. The topological polar surface area (TPSA) is 72.9 Å². The van der Waals surface area contributed by atoms with E-state index in [2.05, 4.69) is 41.4 Å². The SMILES string of the molecule is CCCC1CC(Oc2ccc(-c3ccc4nccn4c3C)cc2)CCN1C(N)=O. The van der Waals surface area contributed by atoms with Crippen molar-refractivity contribution in [2.24, 2.45) is 5.73 Å². The number of nitrogens with zero attached hydrogens (tertiary/aromatic N) is 3. The second-order valence-electron chi connectivity index (χ2n) is 7.75. The van der Waals surface area contributed by atoms with Crippen LogP contribution in [-0.2, 0) is 0 Å². The lowest BCUT2D eigenvalue weighted by atomic mass is 9.96. The third-order valence-electron chi connectivity index (χ3n) is 5.86. The van der Waals surface area contributed by atoms with E-state index >= 15 is 0 Å². The lowest BCUT2D eigenvalue weighted by Gasteiger charge is -2.38. The number of amides is 2. The Kier molecular flexibility index (Phi) is 5.43. The van der Waals surface area contributed by atoms with E-state index in [0.717, 1.165) is 48.3 Å². The van der Waals surface area contributed by atoms with E-state index < -0.39 is 0 Å². The molecule has 6 nitrogen and oxygen atoms in total. The van der Waals surface area contributed by atoms with Gasteiger partial charge in [-0.3, -0.25) is 0 Å². The quantitative estimate of drug-likeness (QED) is 0.699. The Labute approximate surface area is 171 Å². The summed E-state index contributed by atoms with van der Waals surface area (Å²) < 4.78 is 8.34. The molecule has 3 heterocycles. The fourth-order valence-electron chi connectivity index (χ4n) is 4.36. The molecule has 6 heteroatoms. The highest BCUT2D eigenvalue weighted by Crippen LogP contribution is 2.29. The number of aryl methyl sites for hydroxylation is 1. The van der Waals surface area contributed by atoms with Gasteiger partial charge in [-0.05, 0) is 43.2 Å². The zero-order valence-corrected chi connectivity index (χ0v) is 17.0. The minimum absolute atomic E-state index is 0.108. The van der Waals surface area contributed by atoms with Crippen LogP contribution >= 0.6 is 0 Å². The van der Waals surface area contributed by atoms with Gasteiger partial charge < -0.3 is 19.8 Å². The summed E-state index contributed by atoms with van der Waals surface area (Å²) in [5.41, 5.74) is 9.99. The number of imidazole rings is 1. The fraction of sp³-hybridized carbons (Fsp3) is 0.391. The Morgan fingerprint density at radius 3 is 2.76 bits per heavy atom. The molecule has 2 atom stereocenters. The number of aromatic nitrogens is 2.